The highest BCUT2D eigenvalue weighted by Crippen LogP contribution is 2.10. The summed E-state index contributed by atoms with van der Waals surface area (Å²) >= 11 is 0. The first-order chi connectivity index (χ1) is 7.74. The van der Waals surface area contributed by atoms with Crippen LogP contribution in [0.1, 0.15) is 18.4 Å². The summed E-state index contributed by atoms with van der Waals surface area (Å²) in [5.41, 5.74) is 0.643. The molecule has 0 bridgehead atoms. The van der Waals surface area contributed by atoms with Gasteiger partial charge in [-0.25, -0.2) is 8.78 Å². The molecule has 2 rings (SSSR count). The van der Waals surface area contributed by atoms with Crippen LogP contribution in [0.5, 0.6) is 0 Å². The maximum atomic E-state index is 12.9. The highest BCUT2D eigenvalue weighted by molar-refractivity contribution is 5.17. The average Bonchev–Trinajstić information content (AvgIpc) is 2.27. The first-order valence-electron chi connectivity index (χ1n) is 5.50. The molecule has 1 heterocycles. The van der Waals surface area contributed by atoms with Crippen molar-refractivity contribution in [1.29, 1.82) is 0 Å². The third-order valence-electron chi connectivity index (χ3n) is 2.74. The van der Waals surface area contributed by atoms with Gasteiger partial charge in [0.1, 0.15) is 11.6 Å². The molecule has 1 aliphatic heterocycles. The average molecular weight is 227 g/mol. The zero-order valence-electron chi connectivity index (χ0n) is 9.01. The summed E-state index contributed by atoms with van der Waals surface area (Å²) in [7, 11) is 0. The summed E-state index contributed by atoms with van der Waals surface area (Å²) in [6.45, 7) is 2.02. The minimum atomic E-state index is -0.524. The lowest BCUT2D eigenvalue weighted by atomic mass is 10.1. The van der Waals surface area contributed by atoms with Gasteiger partial charge in [-0.05, 0) is 30.5 Å². The van der Waals surface area contributed by atoms with Crippen LogP contribution >= 0.6 is 0 Å². The number of nitrogens with one attached hydrogen (secondary N) is 1. The topological polar surface area (TPSA) is 21.3 Å². The van der Waals surface area contributed by atoms with Gasteiger partial charge in [-0.15, -0.1) is 0 Å². The van der Waals surface area contributed by atoms with Crippen LogP contribution in [0.25, 0.3) is 0 Å². The number of benzene rings is 1. The maximum Gasteiger partial charge on any atom is 0.126 e. The zero-order chi connectivity index (χ0) is 11.4. The first kappa shape index (κ1) is 11.5. The van der Waals surface area contributed by atoms with Gasteiger partial charge < -0.3 is 10.1 Å². The van der Waals surface area contributed by atoms with Crippen molar-refractivity contribution < 1.29 is 13.5 Å². The molecule has 1 aromatic carbocycles. The normalized spacial score (nSPS) is 17.6. The van der Waals surface area contributed by atoms with Crippen LogP contribution in [-0.2, 0) is 11.3 Å². The van der Waals surface area contributed by atoms with E-state index in [0.717, 1.165) is 32.1 Å². The lowest BCUT2D eigenvalue weighted by Gasteiger charge is -2.23. The molecule has 0 unspecified atom stereocenters. The van der Waals surface area contributed by atoms with Gasteiger partial charge in [0.2, 0.25) is 0 Å². The minimum absolute atomic E-state index is 0.389. The van der Waals surface area contributed by atoms with Crippen LogP contribution in [0.3, 0.4) is 0 Å². The van der Waals surface area contributed by atoms with Gasteiger partial charge in [0.15, 0.2) is 0 Å². The van der Waals surface area contributed by atoms with E-state index in [2.05, 4.69) is 5.32 Å². The fourth-order valence-corrected chi connectivity index (χ4v) is 1.88. The van der Waals surface area contributed by atoms with Gasteiger partial charge in [-0.3, -0.25) is 0 Å². The molecule has 0 atom stereocenters. The molecule has 0 radical (unpaired) electrons. The molecule has 1 saturated heterocycles. The Hall–Kier alpha value is -1.00. The monoisotopic (exact) mass is 227 g/mol. The Labute approximate surface area is 93.6 Å². The van der Waals surface area contributed by atoms with Crippen molar-refractivity contribution in [1.82, 2.24) is 5.32 Å². The van der Waals surface area contributed by atoms with Gasteiger partial charge in [-0.2, -0.15) is 0 Å². The third kappa shape index (κ3) is 3.25. The van der Waals surface area contributed by atoms with Crippen LogP contribution in [-0.4, -0.2) is 19.3 Å². The standard InChI is InChI=1S/C12H15F2NO/c13-10-5-9(6-11(14)7-10)8-15-12-1-3-16-4-2-12/h5-7,12,15H,1-4,8H2. The number of ether oxygens (including phenoxy) is 1. The van der Waals surface area contributed by atoms with Crippen molar-refractivity contribution in [3.8, 4) is 0 Å². The van der Waals surface area contributed by atoms with Gasteiger partial charge >= 0.3 is 0 Å². The molecule has 1 aromatic rings. The highest BCUT2D eigenvalue weighted by Gasteiger charge is 2.12. The van der Waals surface area contributed by atoms with E-state index in [1.165, 1.54) is 12.1 Å². The predicted molar refractivity (Wildman–Crippen MR) is 57.0 cm³/mol. The van der Waals surface area contributed by atoms with E-state index < -0.39 is 11.6 Å². The van der Waals surface area contributed by atoms with Crippen molar-refractivity contribution in [2.24, 2.45) is 0 Å². The molecule has 0 aromatic heterocycles. The van der Waals surface area contributed by atoms with Crippen molar-refractivity contribution in [3.63, 3.8) is 0 Å². The molecule has 1 fully saturated rings. The lowest BCUT2D eigenvalue weighted by molar-refractivity contribution is 0.0776. The maximum absolute atomic E-state index is 12.9. The van der Waals surface area contributed by atoms with Gasteiger partial charge in [0, 0.05) is 31.9 Å². The molecule has 0 amide bonds. The molecule has 0 spiro atoms. The molecule has 2 nitrogen and oxygen atoms in total. The predicted octanol–water partition coefficient (Wildman–Crippen LogP) is 2.23. The Morgan fingerprint density at radius 2 is 1.75 bits per heavy atom. The summed E-state index contributed by atoms with van der Waals surface area (Å²) in [5.74, 6) is -1.05. The van der Waals surface area contributed by atoms with Crippen molar-refractivity contribution in [3.05, 3.63) is 35.4 Å². The number of hydrogen-bond donors (Lipinski definition) is 1. The van der Waals surface area contributed by atoms with E-state index in [9.17, 15) is 8.78 Å². The zero-order valence-corrected chi connectivity index (χ0v) is 9.01. The minimum Gasteiger partial charge on any atom is -0.381 e. The SMILES string of the molecule is Fc1cc(F)cc(CNC2CCOCC2)c1. The van der Waals surface area contributed by atoms with Gasteiger partial charge in [0.25, 0.3) is 0 Å². The molecule has 4 heteroatoms. The molecule has 0 saturated carbocycles. The molecule has 1 aliphatic rings. The lowest BCUT2D eigenvalue weighted by Crippen LogP contribution is -2.34. The largest absolute Gasteiger partial charge is 0.381 e. The molecule has 1 N–H and O–H groups in total. The van der Waals surface area contributed by atoms with E-state index in [4.69, 9.17) is 4.74 Å². The Bertz CT molecular complexity index is 331. The second kappa shape index (κ2) is 5.37. The molecule has 0 aliphatic carbocycles. The fourth-order valence-electron chi connectivity index (χ4n) is 1.88. The Morgan fingerprint density at radius 1 is 1.12 bits per heavy atom. The van der Waals surface area contributed by atoms with E-state index in [0.29, 0.717) is 18.2 Å². The third-order valence-corrected chi connectivity index (χ3v) is 2.74. The van der Waals surface area contributed by atoms with Crippen LogP contribution in [0, 0.1) is 11.6 Å². The second-order valence-corrected chi connectivity index (χ2v) is 4.05. The summed E-state index contributed by atoms with van der Waals surface area (Å²) in [5, 5.41) is 3.28. The Morgan fingerprint density at radius 3 is 2.38 bits per heavy atom. The van der Waals surface area contributed by atoms with Crippen LogP contribution in [0.4, 0.5) is 8.78 Å². The molecular formula is C12H15F2NO. The summed E-state index contributed by atoms with van der Waals surface area (Å²) in [6.07, 6.45) is 1.91. The van der Waals surface area contributed by atoms with Crippen molar-refractivity contribution in [2.75, 3.05) is 13.2 Å². The van der Waals surface area contributed by atoms with Gasteiger partial charge in [0.05, 0.1) is 0 Å². The second-order valence-electron chi connectivity index (χ2n) is 4.05. The van der Waals surface area contributed by atoms with Crippen LogP contribution < -0.4 is 5.32 Å². The van der Waals surface area contributed by atoms with E-state index in [1.54, 1.807) is 0 Å². The van der Waals surface area contributed by atoms with Crippen molar-refractivity contribution in [2.45, 2.75) is 25.4 Å². The molecule has 88 valence electrons. The van der Waals surface area contributed by atoms with E-state index in [-0.39, 0.29) is 0 Å². The highest BCUT2D eigenvalue weighted by atomic mass is 19.1. The summed E-state index contributed by atoms with van der Waals surface area (Å²) in [6, 6.07) is 3.99. The smallest absolute Gasteiger partial charge is 0.126 e. The summed E-state index contributed by atoms with van der Waals surface area (Å²) < 4.78 is 31.0. The number of hydrogen-bond acceptors (Lipinski definition) is 2. The first-order valence-corrected chi connectivity index (χ1v) is 5.50. The fraction of sp³-hybridized carbons (Fsp3) is 0.500. The molecule has 16 heavy (non-hydrogen) atoms. The Balaban J connectivity index is 1.88. The van der Waals surface area contributed by atoms with Crippen molar-refractivity contribution >= 4 is 0 Å². The Kier molecular flexibility index (Phi) is 3.85. The summed E-state index contributed by atoms with van der Waals surface area (Å²) in [4.78, 5) is 0. The number of rotatable bonds is 3. The quantitative estimate of drug-likeness (QED) is 0.855. The van der Waals surface area contributed by atoms with E-state index in [1.807, 2.05) is 0 Å². The van der Waals surface area contributed by atoms with Crippen LogP contribution in [0.15, 0.2) is 18.2 Å². The van der Waals surface area contributed by atoms with Gasteiger partial charge in [-0.1, -0.05) is 0 Å². The number of halogens is 2. The van der Waals surface area contributed by atoms with E-state index >= 15 is 0 Å². The molecular weight excluding hydrogens is 212 g/mol. The van der Waals surface area contributed by atoms with Crippen LogP contribution in [0.2, 0.25) is 0 Å².